The summed E-state index contributed by atoms with van der Waals surface area (Å²) in [6, 6.07) is 7.34. The Bertz CT molecular complexity index is 522. The fourth-order valence-corrected chi connectivity index (χ4v) is 1.49. The Labute approximate surface area is 88.1 Å². The lowest BCUT2D eigenvalue weighted by Crippen LogP contribution is -1.82. The van der Waals surface area contributed by atoms with Crippen LogP contribution in [-0.4, -0.2) is 7.11 Å². The van der Waals surface area contributed by atoms with E-state index in [0.717, 1.165) is 5.39 Å². The Kier molecular flexibility index (Phi) is 2.34. The topological polar surface area (TPSA) is 26.7 Å². The zero-order valence-electron chi connectivity index (χ0n) is 8.65. The highest BCUT2D eigenvalue weighted by atomic mass is 16.5. The van der Waals surface area contributed by atoms with Gasteiger partial charge in [-0.25, -0.2) is 6.57 Å². The largest absolute Gasteiger partial charge is 0.493 e. The van der Waals surface area contributed by atoms with Crippen molar-refractivity contribution in [2.75, 3.05) is 7.11 Å². The lowest BCUT2D eigenvalue weighted by Gasteiger charge is -1.98. The van der Waals surface area contributed by atoms with Gasteiger partial charge in [-0.15, -0.1) is 0 Å². The van der Waals surface area contributed by atoms with Crippen molar-refractivity contribution in [2.45, 2.75) is 13.0 Å². The first-order valence-corrected chi connectivity index (χ1v) is 4.69. The number of rotatable bonds is 2. The summed E-state index contributed by atoms with van der Waals surface area (Å²) < 4.78 is 10.8. The van der Waals surface area contributed by atoms with E-state index in [9.17, 15) is 0 Å². The van der Waals surface area contributed by atoms with Gasteiger partial charge in [-0.3, -0.25) is 0 Å². The second-order valence-electron chi connectivity index (χ2n) is 3.33. The summed E-state index contributed by atoms with van der Waals surface area (Å²) in [7, 11) is 1.61. The predicted octanol–water partition coefficient (Wildman–Crippen LogP) is 3.42. The van der Waals surface area contributed by atoms with Crippen LogP contribution in [0.1, 0.15) is 18.7 Å². The molecule has 2 aromatic rings. The summed E-state index contributed by atoms with van der Waals surface area (Å²) in [6.07, 6.45) is 0. The van der Waals surface area contributed by atoms with Gasteiger partial charge >= 0.3 is 0 Å². The van der Waals surface area contributed by atoms with E-state index >= 15 is 0 Å². The molecule has 3 heteroatoms. The summed E-state index contributed by atoms with van der Waals surface area (Å²) in [5, 5.41) is 0.972. The second-order valence-corrected chi connectivity index (χ2v) is 3.33. The molecule has 0 saturated carbocycles. The quantitative estimate of drug-likeness (QED) is 0.696. The molecule has 0 bridgehead atoms. The zero-order valence-corrected chi connectivity index (χ0v) is 8.65. The van der Waals surface area contributed by atoms with Crippen LogP contribution in [0.15, 0.2) is 28.7 Å². The van der Waals surface area contributed by atoms with E-state index in [4.69, 9.17) is 15.7 Å². The lowest BCUT2D eigenvalue weighted by atomic mass is 10.2. The van der Waals surface area contributed by atoms with Crippen molar-refractivity contribution in [3.05, 3.63) is 41.4 Å². The Morgan fingerprint density at radius 3 is 2.93 bits per heavy atom. The SMILES string of the molecule is [C-]#[N+]C(C)c1cc2cccc(OC)c2o1. The van der Waals surface area contributed by atoms with Crippen molar-refractivity contribution in [2.24, 2.45) is 0 Å². The van der Waals surface area contributed by atoms with Crippen LogP contribution in [0.2, 0.25) is 0 Å². The first-order valence-electron chi connectivity index (χ1n) is 4.69. The van der Waals surface area contributed by atoms with Gasteiger partial charge in [0.05, 0.1) is 7.11 Å². The number of nitrogens with zero attached hydrogens (tertiary/aromatic N) is 1. The van der Waals surface area contributed by atoms with Gasteiger partial charge < -0.3 is 14.0 Å². The lowest BCUT2D eigenvalue weighted by molar-refractivity contribution is 0.407. The van der Waals surface area contributed by atoms with Gasteiger partial charge in [0.1, 0.15) is 0 Å². The molecule has 0 spiro atoms. The minimum absolute atomic E-state index is 0.248. The van der Waals surface area contributed by atoms with Crippen molar-refractivity contribution in [3.63, 3.8) is 0 Å². The van der Waals surface area contributed by atoms with E-state index in [1.807, 2.05) is 31.2 Å². The number of para-hydroxylation sites is 1. The highest BCUT2D eigenvalue weighted by Gasteiger charge is 2.16. The third kappa shape index (κ3) is 1.55. The summed E-state index contributed by atoms with van der Waals surface area (Å²) in [5.41, 5.74) is 0.713. The molecule has 1 unspecified atom stereocenters. The predicted molar refractivity (Wildman–Crippen MR) is 57.8 cm³/mol. The summed E-state index contributed by atoms with van der Waals surface area (Å²) >= 11 is 0. The smallest absolute Gasteiger partial charge is 0.277 e. The highest BCUT2D eigenvalue weighted by Crippen LogP contribution is 2.31. The normalized spacial score (nSPS) is 12.3. The Morgan fingerprint density at radius 2 is 2.27 bits per heavy atom. The van der Waals surface area contributed by atoms with Crippen molar-refractivity contribution >= 4 is 11.0 Å². The minimum atomic E-state index is -0.248. The molecule has 0 fully saturated rings. The van der Waals surface area contributed by atoms with Gasteiger partial charge in [-0.2, -0.15) is 0 Å². The molecule has 0 aliphatic heterocycles. The Hall–Kier alpha value is -1.95. The third-order valence-corrected chi connectivity index (χ3v) is 2.35. The van der Waals surface area contributed by atoms with E-state index in [0.29, 0.717) is 17.1 Å². The van der Waals surface area contributed by atoms with E-state index in [2.05, 4.69) is 4.85 Å². The van der Waals surface area contributed by atoms with E-state index in [1.165, 1.54) is 0 Å². The van der Waals surface area contributed by atoms with Gasteiger partial charge in [-0.05, 0) is 12.1 Å². The van der Waals surface area contributed by atoms with Crippen LogP contribution in [0.3, 0.4) is 0 Å². The van der Waals surface area contributed by atoms with Crippen LogP contribution in [-0.2, 0) is 0 Å². The average Bonchev–Trinajstić information content (AvgIpc) is 2.71. The van der Waals surface area contributed by atoms with E-state index < -0.39 is 0 Å². The maximum Gasteiger partial charge on any atom is 0.277 e. The molecule has 1 aromatic heterocycles. The molecular weight excluding hydrogens is 190 g/mol. The van der Waals surface area contributed by atoms with Gasteiger partial charge in [0.2, 0.25) is 0 Å². The van der Waals surface area contributed by atoms with E-state index in [-0.39, 0.29) is 6.04 Å². The zero-order chi connectivity index (χ0) is 10.8. The minimum Gasteiger partial charge on any atom is -0.493 e. The molecule has 0 amide bonds. The molecule has 0 aliphatic rings. The molecule has 15 heavy (non-hydrogen) atoms. The Balaban J connectivity index is 2.61. The molecule has 3 nitrogen and oxygen atoms in total. The molecule has 2 rings (SSSR count). The number of hydrogen-bond donors (Lipinski definition) is 0. The molecule has 0 N–H and O–H groups in total. The monoisotopic (exact) mass is 201 g/mol. The molecule has 1 aromatic carbocycles. The first kappa shape index (κ1) is 9.60. The third-order valence-electron chi connectivity index (χ3n) is 2.35. The fraction of sp³-hybridized carbons (Fsp3) is 0.250. The van der Waals surface area contributed by atoms with Gasteiger partial charge in [0.15, 0.2) is 17.1 Å². The fourth-order valence-electron chi connectivity index (χ4n) is 1.49. The summed E-state index contributed by atoms with van der Waals surface area (Å²) in [5.74, 6) is 1.39. The van der Waals surface area contributed by atoms with Crippen molar-refractivity contribution < 1.29 is 9.15 Å². The maximum atomic E-state index is 6.95. The number of fused-ring (bicyclic) bond motifs is 1. The summed E-state index contributed by atoms with van der Waals surface area (Å²) in [6.45, 7) is 8.77. The highest BCUT2D eigenvalue weighted by molar-refractivity contribution is 5.83. The van der Waals surface area contributed by atoms with Crippen molar-refractivity contribution in [1.82, 2.24) is 0 Å². The van der Waals surface area contributed by atoms with E-state index in [1.54, 1.807) is 7.11 Å². The van der Waals surface area contributed by atoms with Crippen LogP contribution in [0, 0.1) is 6.57 Å². The van der Waals surface area contributed by atoms with Crippen molar-refractivity contribution in [3.8, 4) is 5.75 Å². The molecule has 76 valence electrons. The molecule has 1 heterocycles. The number of benzene rings is 1. The second kappa shape index (κ2) is 3.66. The van der Waals surface area contributed by atoms with Crippen LogP contribution in [0.25, 0.3) is 15.8 Å². The standard InChI is InChI=1S/C12H11NO2/c1-8(13-2)11-7-9-5-4-6-10(14-3)12(9)15-11/h4-8H,1,3H3. The Morgan fingerprint density at radius 1 is 1.47 bits per heavy atom. The molecule has 0 aliphatic carbocycles. The maximum absolute atomic E-state index is 6.95. The summed E-state index contributed by atoms with van der Waals surface area (Å²) in [4.78, 5) is 3.42. The number of ether oxygens (including phenoxy) is 1. The van der Waals surface area contributed by atoms with Gasteiger partial charge in [0.25, 0.3) is 6.04 Å². The average molecular weight is 201 g/mol. The number of furan rings is 1. The van der Waals surface area contributed by atoms with Crippen molar-refractivity contribution in [1.29, 1.82) is 0 Å². The number of methoxy groups -OCH3 is 1. The molecule has 0 saturated heterocycles. The molecule has 1 atom stereocenters. The van der Waals surface area contributed by atoms with Gasteiger partial charge in [0, 0.05) is 12.3 Å². The van der Waals surface area contributed by atoms with Gasteiger partial charge in [-0.1, -0.05) is 12.1 Å². The first-order chi connectivity index (χ1) is 7.26. The van der Waals surface area contributed by atoms with Crippen LogP contribution >= 0.6 is 0 Å². The number of hydrogen-bond acceptors (Lipinski definition) is 2. The molecule has 0 radical (unpaired) electrons. The molecular formula is C12H11NO2. The van der Waals surface area contributed by atoms with Crippen LogP contribution in [0.4, 0.5) is 0 Å². The van der Waals surface area contributed by atoms with Crippen LogP contribution < -0.4 is 4.74 Å². The van der Waals surface area contributed by atoms with Crippen LogP contribution in [0.5, 0.6) is 5.75 Å².